The number of rotatable bonds is 2. The number of halogens is 2. The van der Waals surface area contributed by atoms with E-state index in [0.29, 0.717) is 9.13 Å². The van der Waals surface area contributed by atoms with Gasteiger partial charge in [0, 0.05) is 5.56 Å². The van der Waals surface area contributed by atoms with Gasteiger partial charge in [-0.15, -0.1) is 0 Å². The van der Waals surface area contributed by atoms with Gasteiger partial charge < -0.3 is 4.74 Å². The maximum Gasteiger partial charge on any atom is 0.178 e. The van der Waals surface area contributed by atoms with Gasteiger partial charge in [0.05, 0.1) is 10.7 Å². The molecule has 0 fully saturated rings. The first-order valence-corrected chi connectivity index (χ1v) is 4.68. The van der Waals surface area contributed by atoms with Crippen molar-refractivity contribution in [2.24, 2.45) is 0 Å². The summed E-state index contributed by atoms with van der Waals surface area (Å²) < 4.78 is 18.4. The van der Waals surface area contributed by atoms with E-state index in [4.69, 9.17) is 4.74 Å². The van der Waals surface area contributed by atoms with Crippen molar-refractivity contribution in [1.82, 2.24) is 0 Å². The van der Waals surface area contributed by atoms with Crippen LogP contribution in [0, 0.1) is 9.39 Å². The molecule has 0 spiro atoms. The molecule has 70 valence electrons. The Labute approximate surface area is 89.2 Å². The average Bonchev–Trinajstić information content (AvgIpc) is 2.09. The standard InChI is InChI=1S/C9H8FIO2/c1-5(12)6-3-7(11)9(10)8(4-6)13-2/h3-4H,1-2H3. The third-order valence-electron chi connectivity index (χ3n) is 1.62. The molecule has 1 rings (SSSR count). The van der Waals surface area contributed by atoms with Gasteiger partial charge in [-0.3, -0.25) is 4.79 Å². The van der Waals surface area contributed by atoms with Gasteiger partial charge in [-0.05, 0) is 41.6 Å². The molecule has 0 aromatic heterocycles. The second-order valence-electron chi connectivity index (χ2n) is 2.53. The van der Waals surface area contributed by atoms with E-state index in [1.54, 1.807) is 0 Å². The van der Waals surface area contributed by atoms with Crippen LogP contribution in [0.2, 0.25) is 0 Å². The fourth-order valence-corrected chi connectivity index (χ4v) is 1.52. The average molecular weight is 294 g/mol. The summed E-state index contributed by atoms with van der Waals surface area (Å²) in [5.74, 6) is -0.415. The van der Waals surface area contributed by atoms with Gasteiger partial charge in [-0.25, -0.2) is 4.39 Å². The summed E-state index contributed by atoms with van der Waals surface area (Å²) in [6.45, 7) is 1.43. The summed E-state index contributed by atoms with van der Waals surface area (Å²) in [6.07, 6.45) is 0. The van der Waals surface area contributed by atoms with Crippen molar-refractivity contribution >= 4 is 28.4 Å². The normalized spacial score (nSPS) is 9.85. The second kappa shape index (κ2) is 4.04. The molecule has 0 bridgehead atoms. The maximum absolute atomic E-state index is 13.2. The van der Waals surface area contributed by atoms with Crippen molar-refractivity contribution in [3.63, 3.8) is 0 Å². The van der Waals surface area contributed by atoms with Crippen LogP contribution < -0.4 is 4.74 Å². The molecule has 0 saturated carbocycles. The second-order valence-corrected chi connectivity index (χ2v) is 3.69. The Balaban J connectivity index is 3.30. The van der Waals surface area contributed by atoms with E-state index in [1.807, 2.05) is 22.6 Å². The highest BCUT2D eigenvalue weighted by Crippen LogP contribution is 2.24. The number of hydrogen-bond acceptors (Lipinski definition) is 2. The largest absolute Gasteiger partial charge is 0.494 e. The van der Waals surface area contributed by atoms with Gasteiger partial charge in [0.25, 0.3) is 0 Å². The van der Waals surface area contributed by atoms with Crippen molar-refractivity contribution < 1.29 is 13.9 Å². The van der Waals surface area contributed by atoms with Crippen LogP contribution in [0.1, 0.15) is 17.3 Å². The van der Waals surface area contributed by atoms with Crippen LogP contribution in [-0.4, -0.2) is 12.9 Å². The summed E-state index contributed by atoms with van der Waals surface area (Å²) in [7, 11) is 1.37. The van der Waals surface area contributed by atoms with Gasteiger partial charge in [0.2, 0.25) is 0 Å². The molecular formula is C9H8FIO2. The molecule has 0 heterocycles. The fourth-order valence-electron chi connectivity index (χ4n) is 0.916. The topological polar surface area (TPSA) is 26.3 Å². The molecule has 2 nitrogen and oxygen atoms in total. The van der Waals surface area contributed by atoms with Crippen LogP contribution in [0.15, 0.2) is 12.1 Å². The lowest BCUT2D eigenvalue weighted by Crippen LogP contribution is -1.98. The van der Waals surface area contributed by atoms with Gasteiger partial charge >= 0.3 is 0 Å². The zero-order valence-electron chi connectivity index (χ0n) is 7.23. The Morgan fingerprint density at radius 3 is 2.62 bits per heavy atom. The molecule has 0 unspecified atom stereocenters. The van der Waals surface area contributed by atoms with E-state index in [9.17, 15) is 9.18 Å². The fraction of sp³-hybridized carbons (Fsp3) is 0.222. The molecule has 0 amide bonds. The Morgan fingerprint density at radius 2 is 2.15 bits per heavy atom. The first-order chi connectivity index (χ1) is 6.06. The highest BCUT2D eigenvalue weighted by atomic mass is 127. The number of ketones is 1. The number of ether oxygens (including phenoxy) is 1. The minimum atomic E-state index is -0.423. The third kappa shape index (κ3) is 2.18. The van der Waals surface area contributed by atoms with E-state index < -0.39 is 5.82 Å². The quantitative estimate of drug-likeness (QED) is 0.619. The van der Waals surface area contributed by atoms with Crippen molar-refractivity contribution in [2.45, 2.75) is 6.92 Å². The molecule has 1 aromatic rings. The number of carbonyl (C=O) groups excluding carboxylic acids is 1. The summed E-state index contributed by atoms with van der Waals surface area (Å²) in [5, 5.41) is 0. The smallest absolute Gasteiger partial charge is 0.178 e. The van der Waals surface area contributed by atoms with Crippen molar-refractivity contribution in [3.8, 4) is 5.75 Å². The molecule has 0 atom stereocenters. The van der Waals surface area contributed by atoms with E-state index >= 15 is 0 Å². The lowest BCUT2D eigenvalue weighted by molar-refractivity contribution is 0.101. The number of methoxy groups -OCH3 is 1. The first-order valence-electron chi connectivity index (χ1n) is 3.60. The summed E-state index contributed by atoms with van der Waals surface area (Å²) in [6, 6.07) is 2.90. The van der Waals surface area contributed by atoms with Crippen molar-refractivity contribution in [2.75, 3.05) is 7.11 Å². The minimum Gasteiger partial charge on any atom is -0.494 e. The summed E-state index contributed by atoms with van der Waals surface area (Å²) in [5.41, 5.74) is 0.461. The first kappa shape index (κ1) is 10.4. The van der Waals surface area contributed by atoms with Crippen LogP contribution in [-0.2, 0) is 0 Å². The zero-order valence-corrected chi connectivity index (χ0v) is 9.38. The molecule has 0 aliphatic rings. The maximum atomic E-state index is 13.2. The molecule has 0 N–H and O–H groups in total. The summed E-state index contributed by atoms with van der Waals surface area (Å²) in [4.78, 5) is 11.0. The van der Waals surface area contributed by atoms with Crippen molar-refractivity contribution in [3.05, 3.63) is 27.1 Å². The van der Waals surface area contributed by atoms with E-state index in [-0.39, 0.29) is 11.5 Å². The van der Waals surface area contributed by atoms with E-state index in [2.05, 4.69) is 0 Å². The monoisotopic (exact) mass is 294 g/mol. The molecule has 0 aliphatic carbocycles. The lowest BCUT2D eigenvalue weighted by atomic mass is 10.1. The van der Waals surface area contributed by atoms with Crippen LogP contribution in [0.25, 0.3) is 0 Å². The van der Waals surface area contributed by atoms with Crippen LogP contribution in [0.3, 0.4) is 0 Å². The van der Waals surface area contributed by atoms with Crippen molar-refractivity contribution in [1.29, 1.82) is 0 Å². The third-order valence-corrected chi connectivity index (χ3v) is 2.41. The Kier molecular flexibility index (Phi) is 3.24. The Morgan fingerprint density at radius 1 is 1.54 bits per heavy atom. The number of Topliss-reactive ketones (excluding diaryl/α,β-unsaturated/α-hetero) is 1. The number of carbonyl (C=O) groups is 1. The Bertz CT molecular complexity index is 350. The van der Waals surface area contributed by atoms with Crippen LogP contribution in [0.5, 0.6) is 5.75 Å². The highest BCUT2D eigenvalue weighted by Gasteiger charge is 2.11. The van der Waals surface area contributed by atoms with E-state index in [1.165, 1.54) is 26.2 Å². The number of benzene rings is 1. The SMILES string of the molecule is COc1cc(C(C)=O)cc(I)c1F. The molecule has 13 heavy (non-hydrogen) atoms. The predicted molar refractivity (Wildman–Crippen MR) is 55.7 cm³/mol. The minimum absolute atomic E-state index is 0.101. The molecule has 1 aromatic carbocycles. The van der Waals surface area contributed by atoms with Gasteiger partial charge in [0.1, 0.15) is 0 Å². The molecule has 0 saturated heterocycles. The predicted octanol–water partition coefficient (Wildman–Crippen LogP) is 2.64. The van der Waals surface area contributed by atoms with Gasteiger partial charge in [-0.1, -0.05) is 0 Å². The highest BCUT2D eigenvalue weighted by molar-refractivity contribution is 14.1. The van der Waals surface area contributed by atoms with Crippen LogP contribution >= 0.6 is 22.6 Å². The van der Waals surface area contributed by atoms with Gasteiger partial charge in [-0.2, -0.15) is 0 Å². The van der Waals surface area contributed by atoms with Crippen LogP contribution in [0.4, 0.5) is 4.39 Å². The summed E-state index contributed by atoms with van der Waals surface area (Å²) >= 11 is 1.83. The number of hydrogen-bond donors (Lipinski definition) is 0. The zero-order chi connectivity index (χ0) is 10.0. The molecular weight excluding hydrogens is 286 g/mol. The molecule has 4 heteroatoms. The Hall–Kier alpha value is -0.650. The lowest BCUT2D eigenvalue weighted by Gasteiger charge is -2.05. The van der Waals surface area contributed by atoms with E-state index in [0.717, 1.165) is 0 Å². The molecule has 0 aliphatic heterocycles. The van der Waals surface area contributed by atoms with Gasteiger partial charge in [0.15, 0.2) is 17.3 Å². The molecule has 0 radical (unpaired) electrons.